The van der Waals surface area contributed by atoms with Gasteiger partial charge in [-0.1, -0.05) is 24.2 Å². The summed E-state index contributed by atoms with van der Waals surface area (Å²) >= 11 is 5.90. The van der Waals surface area contributed by atoms with Crippen molar-refractivity contribution >= 4 is 34.0 Å². The van der Waals surface area contributed by atoms with E-state index in [4.69, 9.17) is 16.3 Å². The number of benzene rings is 1. The first-order valence-electron chi connectivity index (χ1n) is 8.18. The van der Waals surface area contributed by atoms with E-state index in [2.05, 4.69) is 16.5 Å². The van der Waals surface area contributed by atoms with E-state index < -0.39 is 5.60 Å². The van der Waals surface area contributed by atoms with Crippen LogP contribution in [0.3, 0.4) is 0 Å². The van der Waals surface area contributed by atoms with Crippen LogP contribution in [-0.2, 0) is 4.74 Å². The second-order valence-corrected chi connectivity index (χ2v) is 7.37. The lowest BCUT2D eigenvalue weighted by molar-refractivity contribution is 0.00718. The maximum atomic E-state index is 12.6. The predicted molar refractivity (Wildman–Crippen MR) is 104 cm³/mol. The van der Waals surface area contributed by atoms with Crippen molar-refractivity contribution in [2.45, 2.75) is 26.4 Å². The van der Waals surface area contributed by atoms with Crippen molar-refractivity contribution in [1.82, 2.24) is 9.97 Å². The molecule has 0 saturated carbocycles. The van der Waals surface area contributed by atoms with Crippen molar-refractivity contribution in [2.75, 3.05) is 0 Å². The Morgan fingerprint density at radius 1 is 1.12 bits per heavy atom. The SMILES string of the molecule is C=C(c1ccc2nccc(C(=O)OC(C)(C)C)c2c1)c1ccc(Cl)cn1. The molecule has 0 unspecified atom stereocenters. The van der Waals surface area contributed by atoms with Crippen LogP contribution in [0, 0.1) is 0 Å². The number of halogens is 1. The highest BCUT2D eigenvalue weighted by molar-refractivity contribution is 6.30. The van der Waals surface area contributed by atoms with Crippen molar-refractivity contribution < 1.29 is 9.53 Å². The molecule has 0 fully saturated rings. The molecule has 0 atom stereocenters. The number of nitrogens with zero attached hydrogens (tertiary/aromatic N) is 2. The zero-order chi connectivity index (χ0) is 18.9. The standard InChI is InChI=1S/C21H19ClN2O2/c1-13(18-8-6-15(22)12-24-18)14-5-7-19-17(11-14)16(9-10-23-19)20(25)26-21(2,3)4/h5-12H,1H2,2-4H3. The van der Waals surface area contributed by atoms with Gasteiger partial charge in [-0.3, -0.25) is 9.97 Å². The van der Waals surface area contributed by atoms with Crippen LogP contribution in [0.4, 0.5) is 0 Å². The molecule has 0 bridgehead atoms. The zero-order valence-electron chi connectivity index (χ0n) is 14.9. The molecule has 5 heteroatoms. The Balaban J connectivity index is 2.04. The van der Waals surface area contributed by atoms with E-state index in [-0.39, 0.29) is 5.97 Å². The quantitative estimate of drug-likeness (QED) is 0.590. The second-order valence-electron chi connectivity index (χ2n) is 6.93. The summed E-state index contributed by atoms with van der Waals surface area (Å²) in [5.41, 5.74) is 2.93. The van der Waals surface area contributed by atoms with Crippen LogP contribution >= 0.6 is 11.6 Å². The van der Waals surface area contributed by atoms with Gasteiger partial charge in [-0.05, 0) is 56.7 Å². The van der Waals surface area contributed by atoms with E-state index in [0.717, 1.165) is 22.2 Å². The lowest BCUT2D eigenvalue weighted by Crippen LogP contribution is -2.24. The summed E-state index contributed by atoms with van der Waals surface area (Å²) in [5, 5.41) is 1.28. The molecule has 4 nitrogen and oxygen atoms in total. The van der Waals surface area contributed by atoms with Gasteiger partial charge in [0.2, 0.25) is 0 Å². The van der Waals surface area contributed by atoms with Crippen LogP contribution in [0.2, 0.25) is 5.02 Å². The Morgan fingerprint density at radius 3 is 2.54 bits per heavy atom. The fraction of sp³-hybridized carbons (Fsp3) is 0.190. The predicted octanol–water partition coefficient (Wildman–Crippen LogP) is 5.30. The smallest absolute Gasteiger partial charge is 0.339 e. The van der Waals surface area contributed by atoms with Gasteiger partial charge >= 0.3 is 5.97 Å². The van der Waals surface area contributed by atoms with Crippen molar-refractivity contribution in [2.24, 2.45) is 0 Å². The fourth-order valence-electron chi connectivity index (χ4n) is 2.55. The highest BCUT2D eigenvalue weighted by Crippen LogP contribution is 2.27. The van der Waals surface area contributed by atoms with Crippen LogP contribution in [0.1, 0.15) is 42.4 Å². The van der Waals surface area contributed by atoms with Gasteiger partial charge in [-0.25, -0.2) is 4.79 Å². The summed E-state index contributed by atoms with van der Waals surface area (Å²) in [7, 11) is 0. The van der Waals surface area contributed by atoms with E-state index in [0.29, 0.717) is 16.1 Å². The molecule has 0 aliphatic heterocycles. The number of fused-ring (bicyclic) bond motifs is 1. The van der Waals surface area contributed by atoms with Gasteiger partial charge in [0.25, 0.3) is 0 Å². The fourth-order valence-corrected chi connectivity index (χ4v) is 2.66. The summed E-state index contributed by atoms with van der Waals surface area (Å²) < 4.78 is 5.51. The number of pyridine rings is 2. The average molecular weight is 367 g/mol. The first kappa shape index (κ1) is 18.1. The molecule has 3 rings (SSSR count). The van der Waals surface area contributed by atoms with Crippen LogP contribution in [0.15, 0.2) is 55.4 Å². The number of ether oxygens (including phenoxy) is 1. The maximum absolute atomic E-state index is 12.6. The number of esters is 1. The van der Waals surface area contributed by atoms with Gasteiger partial charge in [-0.15, -0.1) is 0 Å². The lowest BCUT2D eigenvalue weighted by atomic mass is 9.99. The highest BCUT2D eigenvalue weighted by Gasteiger charge is 2.20. The number of rotatable bonds is 3. The third-order valence-corrected chi connectivity index (χ3v) is 3.97. The van der Waals surface area contributed by atoms with Gasteiger partial charge in [0.15, 0.2) is 0 Å². The average Bonchev–Trinajstić information content (AvgIpc) is 2.59. The molecule has 2 aromatic heterocycles. The van der Waals surface area contributed by atoms with Crippen molar-refractivity contribution in [3.63, 3.8) is 0 Å². The minimum atomic E-state index is -0.568. The van der Waals surface area contributed by atoms with Gasteiger partial charge in [0, 0.05) is 23.4 Å². The number of hydrogen-bond acceptors (Lipinski definition) is 4. The minimum Gasteiger partial charge on any atom is -0.456 e. The van der Waals surface area contributed by atoms with Crippen molar-refractivity contribution in [3.05, 3.63) is 77.2 Å². The second kappa shape index (κ2) is 6.89. The molecule has 26 heavy (non-hydrogen) atoms. The van der Waals surface area contributed by atoms with E-state index in [1.807, 2.05) is 45.0 Å². The first-order valence-corrected chi connectivity index (χ1v) is 8.56. The largest absolute Gasteiger partial charge is 0.456 e. The Bertz CT molecular complexity index is 989. The Kier molecular flexibility index (Phi) is 4.79. The molecule has 3 aromatic rings. The molecule has 0 radical (unpaired) electrons. The minimum absolute atomic E-state index is 0.378. The molecule has 0 aliphatic carbocycles. The summed E-state index contributed by atoms with van der Waals surface area (Å²) in [4.78, 5) is 21.2. The molecule has 0 spiro atoms. The van der Waals surface area contributed by atoms with E-state index in [9.17, 15) is 4.79 Å². The van der Waals surface area contributed by atoms with E-state index in [1.54, 1.807) is 24.5 Å². The number of aromatic nitrogens is 2. The van der Waals surface area contributed by atoms with Gasteiger partial charge in [-0.2, -0.15) is 0 Å². The van der Waals surface area contributed by atoms with E-state index in [1.165, 1.54) is 0 Å². The van der Waals surface area contributed by atoms with Gasteiger partial charge in [0.05, 0.1) is 21.8 Å². The molecule has 0 saturated heterocycles. The molecular weight excluding hydrogens is 348 g/mol. The molecule has 132 valence electrons. The monoisotopic (exact) mass is 366 g/mol. The van der Waals surface area contributed by atoms with Gasteiger partial charge in [0.1, 0.15) is 5.60 Å². The summed E-state index contributed by atoms with van der Waals surface area (Å²) in [5.74, 6) is -0.378. The van der Waals surface area contributed by atoms with Crippen LogP contribution < -0.4 is 0 Å². The third-order valence-electron chi connectivity index (χ3n) is 3.75. The molecular formula is C21H19ClN2O2. The third kappa shape index (κ3) is 3.92. The van der Waals surface area contributed by atoms with Crippen molar-refractivity contribution in [3.8, 4) is 0 Å². The summed E-state index contributed by atoms with van der Waals surface area (Å²) in [6.07, 6.45) is 3.19. The molecule has 0 N–H and O–H groups in total. The van der Waals surface area contributed by atoms with Crippen LogP contribution in [0.25, 0.3) is 16.5 Å². The topological polar surface area (TPSA) is 52.1 Å². The maximum Gasteiger partial charge on any atom is 0.339 e. The van der Waals surface area contributed by atoms with Crippen LogP contribution in [0.5, 0.6) is 0 Å². The number of hydrogen-bond donors (Lipinski definition) is 0. The Morgan fingerprint density at radius 2 is 1.88 bits per heavy atom. The Labute approximate surface area is 157 Å². The highest BCUT2D eigenvalue weighted by atomic mass is 35.5. The first-order chi connectivity index (χ1) is 12.2. The Hall–Kier alpha value is -2.72. The number of carbonyl (C=O) groups is 1. The van der Waals surface area contributed by atoms with Crippen molar-refractivity contribution in [1.29, 1.82) is 0 Å². The molecule has 0 aliphatic rings. The number of carbonyl (C=O) groups excluding carboxylic acids is 1. The summed E-state index contributed by atoms with van der Waals surface area (Å²) in [6.45, 7) is 9.65. The lowest BCUT2D eigenvalue weighted by Gasteiger charge is -2.20. The van der Waals surface area contributed by atoms with E-state index >= 15 is 0 Å². The summed E-state index contributed by atoms with van der Waals surface area (Å²) in [6, 6.07) is 10.9. The molecule has 0 amide bonds. The van der Waals surface area contributed by atoms with Crippen LogP contribution in [-0.4, -0.2) is 21.5 Å². The zero-order valence-corrected chi connectivity index (χ0v) is 15.7. The molecule has 2 heterocycles. The van der Waals surface area contributed by atoms with Gasteiger partial charge < -0.3 is 4.74 Å². The molecule has 1 aromatic carbocycles. The normalized spacial score (nSPS) is 11.4.